The molecule has 1 fully saturated rings. The Kier molecular flexibility index (Phi) is 3.93. The highest BCUT2D eigenvalue weighted by atomic mass is 32.1. The SMILES string of the molecule is Cc1nnc(CNC(=O)[C@H]2[C@@H]3CNC[C@@H](C3)c3cccc(=O)n32)s1. The maximum atomic E-state index is 12.9. The third kappa shape index (κ3) is 2.65. The maximum Gasteiger partial charge on any atom is 0.251 e. The minimum Gasteiger partial charge on any atom is -0.348 e. The Bertz CT molecular complexity index is 830. The largest absolute Gasteiger partial charge is 0.348 e. The fourth-order valence-electron chi connectivity index (χ4n) is 3.81. The first-order valence-corrected chi connectivity index (χ1v) is 8.94. The number of aromatic nitrogens is 3. The van der Waals surface area contributed by atoms with Crippen molar-refractivity contribution in [3.05, 3.63) is 44.3 Å². The van der Waals surface area contributed by atoms with Gasteiger partial charge in [-0.3, -0.25) is 14.2 Å². The van der Waals surface area contributed by atoms with Crippen LogP contribution in [0.3, 0.4) is 0 Å². The van der Waals surface area contributed by atoms with E-state index in [2.05, 4.69) is 20.8 Å². The van der Waals surface area contributed by atoms with Crippen LogP contribution in [0.5, 0.6) is 0 Å². The second-order valence-corrected chi connectivity index (χ2v) is 7.65. The summed E-state index contributed by atoms with van der Waals surface area (Å²) in [4.78, 5) is 25.3. The van der Waals surface area contributed by atoms with Crippen molar-refractivity contribution >= 4 is 17.2 Å². The van der Waals surface area contributed by atoms with E-state index < -0.39 is 6.04 Å². The standard InChI is InChI=1S/C16H19N5O2S/c1-9-19-20-13(24-9)8-18-16(23)15-11-5-10(6-17-7-11)12-3-2-4-14(22)21(12)15/h2-4,10-11,15,17H,5-8H2,1H3,(H,18,23)/t10-,11+,15-/m1/s1. The molecule has 4 heterocycles. The van der Waals surface area contributed by atoms with Gasteiger partial charge in [0.25, 0.3) is 5.56 Å². The minimum atomic E-state index is -0.466. The third-order valence-corrected chi connectivity index (χ3v) is 5.64. The highest BCUT2D eigenvalue weighted by Crippen LogP contribution is 2.38. The molecule has 0 spiro atoms. The number of hydrogen-bond donors (Lipinski definition) is 2. The summed E-state index contributed by atoms with van der Waals surface area (Å²) in [5.74, 6) is 0.310. The molecule has 2 bridgehead atoms. The number of rotatable bonds is 3. The van der Waals surface area contributed by atoms with E-state index in [1.807, 2.05) is 13.0 Å². The molecular weight excluding hydrogens is 326 g/mol. The molecule has 3 atom stereocenters. The number of hydrogen-bond acceptors (Lipinski definition) is 6. The van der Waals surface area contributed by atoms with Gasteiger partial charge in [0.2, 0.25) is 5.91 Å². The van der Waals surface area contributed by atoms with Crippen molar-refractivity contribution in [3.8, 4) is 0 Å². The fourth-order valence-corrected chi connectivity index (χ4v) is 4.46. The van der Waals surface area contributed by atoms with Crippen molar-refractivity contribution in [2.75, 3.05) is 13.1 Å². The summed E-state index contributed by atoms with van der Waals surface area (Å²) >= 11 is 1.47. The Morgan fingerprint density at radius 3 is 3.08 bits per heavy atom. The van der Waals surface area contributed by atoms with E-state index in [1.165, 1.54) is 17.4 Å². The Labute approximate surface area is 143 Å². The first-order chi connectivity index (χ1) is 11.6. The van der Waals surface area contributed by atoms with Crippen LogP contribution in [-0.2, 0) is 11.3 Å². The van der Waals surface area contributed by atoms with Crippen molar-refractivity contribution in [1.29, 1.82) is 0 Å². The van der Waals surface area contributed by atoms with E-state index in [0.29, 0.717) is 12.5 Å². The maximum absolute atomic E-state index is 12.9. The Morgan fingerprint density at radius 2 is 2.29 bits per heavy atom. The first-order valence-electron chi connectivity index (χ1n) is 8.12. The van der Waals surface area contributed by atoms with Gasteiger partial charge in [0.05, 0.1) is 6.54 Å². The fraction of sp³-hybridized carbons (Fsp3) is 0.500. The molecule has 2 aliphatic rings. The number of nitrogens with one attached hydrogen (secondary N) is 2. The van der Waals surface area contributed by atoms with Gasteiger partial charge < -0.3 is 10.6 Å². The van der Waals surface area contributed by atoms with Gasteiger partial charge in [-0.1, -0.05) is 17.4 Å². The smallest absolute Gasteiger partial charge is 0.251 e. The van der Waals surface area contributed by atoms with Crippen LogP contribution in [0, 0.1) is 12.8 Å². The van der Waals surface area contributed by atoms with E-state index in [9.17, 15) is 9.59 Å². The van der Waals surface area contributed by atoms with Crippen molar-refractivity contribution in [1.82, 2.24) is 25.4 Å². The van der Waals surface area contributed by atoms with Crippen LogP contribution in [0.1, 0.15) is 34.1 Å². The van der Waals surface area contributed by atoms with Crippen LogP contribution in [-0.4, -0.2) is 33.8 Å². The van der Waals surface area contributed by atoms with Gasteiger partial charge in [-0.15, -0.1) is 10.2 Å². The van der Waals surface area contributed by atoms with Crippen molar-refractivity contribution in [3.63, 3.8) is 0 Å². The molecule has 1 saturated heterocycles. The van der Waals surface area contributed by atoms with Gasteiger partial charge in [0, 0.05) is 36.7 Å². The van der Waals surface area contributed by atoms with E-state index in [0.717, 1.165) is 35.2 Å². The number of piperidine rings is 1. The van der Waals surface area contributed by atoms with Gasteiger partial charge in [-0.25, -0.2) is 0 Å². The molecular formula is C16H19N5O2S. The summed E-state index contributed by atoms with van der Waals surface area (Å²) in [6.07, 6.45) is 0.937. The highest BCUT2D eigenvalue weighted by Gasteiger charge is 2.41. The topological polar surface area (TPSA) is 88.9 Å². The molecule has 24 heavy (non-hydrogen) atoms. The first kappa shape index (κ1) is 15.5. The summed E-state index contributed by atoms with van der Waals surface area (Å²) in [6.45, 7) is 3.85. The van der Waals surface area contributed by atoms with E-state index >= 15 is 0 Å². The molecule has 2 N–H and O–H groups in total. The predicted octanol–water partition coefficient (Wildman–Crippen LogP) is 0.572. The number of fused-ring (bicyclic) bond motifs is 4. The number of carbonyl (C=O) groups excluding carboxylic acids is 1. The molecule has 2 aromatic heterocycles. The molecule has 0 radical (unpaired) electrons. The van der Waals surface area contributed by atoms with Crippen LogP contribution in [0.25, 0.3) is 0 Å². The number of amides is 1. The lowest BCUT2D eigenvalue weighted by molar-refractivity contribution is -0.127. The third-order valence-electron chi connectivity index (χ3n) is 4.80. The normalized spacial score (nSPS) is 25.1. The van der Waals surface area contributed by atoms with Gasteiger partial charge in [0.1, 0.15) is 16.1 Å². The molecule has 4 rings (SSSR count). The Hall–Kier alpha value is -2.06. The molecule has 1 amide bonds. The van der Waals surface area contributed by atoms with Gasteiger partial charge in [-0.05, 0) is 19.4 Å². The molecule has 7 nitrogen and oxygen atoms in total. The van der Waals surface area contributed by atoms with Crippen molar-refractivity contribution in [2.24, 2.45) is 5.92 Å². The lowest BCUT2D eigenvalue weighted by Crippen LogP contribution is -2.52. The van der Waals surface area contributed by atoms with Crippen molar-refractivity contribution in [2.45, 2.75) is 31.8 Å². The summed E-state index contributed by atoms with van der Waals surface area (Å²) < 4.78 is 1.69. The van der Waals surface area contributed by atoms with E-state index in [-0.39, 0.29) is 17.4 Å². The lowest BCUT2D eigenvalue weighted by atomic mass is 9.79. The Morgan fingerprint density at radius 1 is 1.42 bits per heavy atom. The molecule has 2 aromatic rings. The number of nitrogens with zero attached hydrogens (tertiary/aromatic N) is 3. The van der Waals surface area contributed by atoms with Gasteiger partial charge >= 0.3 is 0 Å². The van der Waals surface area contributed by atoms with Crippen LogP contribution in [0.4, 0.5) is 0 Å². The van der Waals surface area contributed by atoms with Crippen LogP contribution >= 0.6 is 11.3 Å². The number of carbonyl (C=O) groups is 1. The van der Waals surface area contributed by atoms with Crippen molar-refractivity contribution < 1.29 is 4.79 Å². The number of aryl methyl sites for hydroxylation is 1. The highest BCUT2D eigenvalue weighted by molar-refractivity contribution is 7.11. The average Bonchev–Trinajstić information content (AvgIpc) is 3.00. The monoisotopic (exact) mass is 345 g/mol. The summed E-state index contributed by atoms with van der Waals surface area (Å²) in [6, 6.07) is 4.81. The van der Waals surface area contributed by atoms with E-state index in [1.54, 1.807) is 10.6 Å². The Balaban J connectivity index is 1.62. The zero-order valence-corrected chi connectivity index (χ0v) is 14.2. The number of pyridine rings is 1. The molecule has 0 saturated carbocycles. The molecule has 126 valence electrons. The zero-order chi connectivity index (χ0) is 16.7. The van der Waals surface area contributed by atoms with E-state index in [4.69, 9.17) is 0 Å². The summed E-state index contributed by atoms with van der Waals surface area (Å²) in [5, 5.41) is 16.0. The second-order valence-electron chi connectivity index (χ2n) is 6.39. The molecule has 2 aliphatic heterocycles. The predicted molar refractivity (Wildman–Crippen MR) is 89.9 cm³/mol. The van der Waals surface area contributed by atoms with Gasteiger partial charge in [-0.2, -0.15) is 0 Å². The molecule has 0 aliphatic carbocycles. The zero-order valence-electron chi connectivity index (χ0n) is 13.4. The molecule has 0 aromatic carbocycles. The minimum absolute atomic E-state index is 0.101. The average molecular weight is 345 g/mol. The van der Waals surface area contributed by atoms with Crippen LogP contribution < -0.4 is 16.2 Å². The van der Waals surface area contributed by atoms with Gasteiger partial charge in [0.15, 0.2) is 0 Å². The quantitative estimate of drug-likeness (QED) is 0.849. The molecule has 8 heteroatoms. The summed E-state index contributed by atoms with van der Waals surface area (Å²) in [7, 11) is 0. The molecule has 0 unspecified atom stereocenters. The lowest BCUT2D eigenvalue weighted by Gasteiger charge is -2.42. The summed E-state index contributed by atoms with van der Waals surface area (Å²) in [5.41, 5.74) is 0.855. The second kappa shape index (κ2) is 6.10. The van der Waals surface area contributed by atoms with Crippen LogP contribution in [0.2, 0.25) is 0 Å². The van der Waals surface area contributed by atoms with Crippen LogP contribution in [0.15, 0.2) is 23.0 Å².